The summed E-state index contributed by atoms with van der Waals surface area (Å²) in [5, 5.41) is 7.32. The molecule has 170 valence electrons. The normalized spacial score (nSPS) is 13.0. The Hall–Kier alpha value is -2.77. The highest BCUT2D eigenvalue weighted by molar-refractivity contribution is 5.94. The fourth-order valence-corrected chi connectivity index (χ4v) is 3.77. The van der Waals surface area contributed by atoms with E-state index in [0.717, 1.165) is 44.5 Å². The molecule has 0 atom stereocenters. The average molecular weight is 431 g/mol. The quantitative estimate of drug-likeness (QED) is 0.523. The van der Waals surface area contributed by atoms with E-state index in [-0.39, 0.29) is 11.6 Å². The summed E-state index contributed by atoms with van der Waals surface area (Å²) in [5.41, 5.74) is 0.473. The van der Waals surface area contributed by atoms with Gasteiger partial charge in [-0.2, -0.15) is 5.10 Å². The van der Waals surface area contributed by atoms with Crippen molar-refractivity contribution in [1.29, 1.82) is 0 Å². The Bertz CT molecular complexity index is 919. The van der Waals surface area contributed by atoms with Crippen LogP contribution in [0.1, 0.15) is 68.1 Å². The molecule has 0 fully saturated rings. The van der Waals surface area contributed by atoms with Gasteiger partial charge in [-0.3, -0.25) is 9.36 Å². The minimum absolute atomic E-state index is 0.0453. The third kappa shape index (κ3) is 6.12. The number of ether oxygens (including phenoxy) is 2. The maximum Gasteiger partial charge on any atom is 0.345 e. The van der Waals surface area contributed by atoms with E-state index < -0.39 is 0 Å². The Morgan fingerprint density at radius 3 is 2.81 bits per heavy atom. The van der Waals surface area contributed by atoms with Crippen LogP contribution in [0.4, 0.5) is 0 Å². The van der Waals surface area contributed by atoms with Gasteiger partial charge in [0.25, 0.3) is 5.91 Å². The fraction of sp³-hybridized carbons (Fsp3) is 0.609. The average Bonchev–Trinajstić information content (AvgIpc) is 3.12. The summed E-state index contributed by atoms with van der Waals surface area (Å²) in [7, 11) is 1.57. The van der Waals surface area contributed by atoms with Crippen LogP contribution in [0.15, 0.2) is 23.0 Å². The van der Waals surface area contributed by atoms with Crippen LogP contribution in [0.25, 0.3) is 0 Å². The molecule has 0 saturated carbocycles. The van der Waals surface area contributed by atoms with Crippen LogP contribution in [-0.2, 0) is 19.5 Å². The summed E-state index contributed by atoms with van der Waals surface area (Å²) in [4.78, 5) is 24.8. The Morgan fingerprint density at radius 2 is 2.03 bits per heavy atom. The lowest BCUT2D eigenvalue weighted by Crippen LogP contribution is -2.29. The van der Waals surface area contributed by atoms with E-state index in [0.29, 0.717) is 43.2 Å². The van der Waals surface area contributed by atoms with Gasteiger partial charge in [0.15, 0.2) is 11.5 Å². The van der Waals surface area contributed by atoms with Crippen LogP contribution < -0.4 is 20.5 Å². The van der Waals surface area contributed by atoms with Crippen LogP contribution in [0, 0.1) is 0 Å². The van der Waals surface area contributed by atoms with Gasteiger partial charge < -0.3 is 14.8 Å². The van der Waals surface area contributed by atoms with E-state index >= 15 is 0 Å². The number of rotatable bonds is 12. The van der Waals surface area contributed by atoms with Crippen molar-refractivity contribution in [2.45, 2.75) is 71.4 Å². The molecule has 1 aromatic heterocycles. The Morgan fingerprint density at radius 1 is 1.16 bits per heavy atom. The van der Waals surface area contributed by atoms with Gasteiger partial charge in [-0.15, -0.1) is 0 Å². The first kappa shape index (κ1) is 22.9. The van der Waals surface area contributed by atoms with Gasteiger partial charge in [-0.05, 0) is 43.9 Å². The number of aromatic nitrogens is 3. The summed E-state index contributed by atoms with van der Waals surface area (Å²) >= 11 is 0. The molecule has 1 aliphatic heterocycles. The van der Waals surface area contributed by atoms with Crippen molar-refractivity contribution >= 4 is 5.91 Å². The SMILES string of the molecule is CCCCCCOc1ccc(C(=O)NCCCn2nc3n(c2=O)CCCC3)cc1OC. The highest BCUT2D eigenvalue weighted by Crippen LogP contribution is 2.28. The number of nitrogens with one attached hydrogen (secondary N) is 1. The van der Waals surface area contributed by atoms with Crippen LogP contribution in [-0.4, -0.2) is 40.5 Å². The molecule has 8 heteroatoms. The summed E-state index contributed by atoms with van der Waals surface area (Å²) in [5.74, 6) is 1.90. The molecule has 31 heavy (non-hydrogen) atoms. The lowest BCUT2D eigenvalue weighted by Gasteiger charge is -2.12. The number of amides is 1. The minimum Gasteiger partial charge on any atom is -0.493 e. The van der Waals surface area contributed by atoms with Gasteiger partial charge in [0.2, 0.25) is 0 Å². The Labute approximate surface area is 183 Å². The van der Waals surface area contributed by atoms with Gasteiger partial charge in [-0.25, -0.2) is 9.48 Å². The Balaban J connectivity index is 1.46. The Kier molecular flexibility index (Phi) is 8.55. The molecule has 0 aliphatic carbocycles. The number of unbranched alkanes of at least 4 members (excludes halogenated alkanes) is 3. The molecule has 3 rings (SSSR count). The first-order valence-corrected chi connectivity index (χ1v) is 11.4. The molecular formula is C23H34N4O4. The largest absolute Gasteiger partial charge is 0.493 e. The monoisotopic (exact) mass is 430 g/mol. The maximum atomic E-state index is 12.5. The molecule has 0 spiro atoms. The van der Waals surface area contributed by atoms with Crippen LogP contribution >= 0.6 is 0 Å². The predicted molar refractivity (Wildman–Crippen MR) is 119 cm³/mol. The second-order valence-electron chi connectivity index (χ2n) is 7.91. The number of fused-ring (bicyclic) bond motifs is 1. The van der Waals surface area contributed by atoms with E-state index in [1.54, 1.807) is 29.9 Å². The number of hydrogen-bond acceptors (Lipinski definition) is 5. The summed E-state index contributed by atoms with van der Waals surface area (Å²) in [6.45, 7) is 4.53. The van der Waals surface area contributed by atoms with Crippen molar-refractivity contribution in [3.63, 3.8) is 0 Å². The molecule has 0 bridgehead atoms. The standard InChI is InChI=1S/C23H34N4O4/c1-3-4-5-8-16-31-19-12-11-18(17-20(19)30-2)22(28)24-13-9-15-27-23(29)26-14-7-6-10-21(26)25-27/h11-12,17H,3-10,13-16H2,1-2H3,(H,24,28). The molecule has 0 saturated heterocycles. The van der Waals surface area contributed by atoms with E-state index in [1.807, 2.05) is 0 Å². The first-order chi connectivity index (χ1) is 15.1. The van der Waals surface area contributed by atoms with Crippen LogP contribution in [0.5, 0.6) is 11.5 Å². The molecule has 1 aliphatic rings. The third-order valence-corrected chi connectivity index (χ3v) is 5.55. The van der Waals surface area contributed by atoms with Crippen molar-refractivity contribution in [3.8, 4) is 11.5 Å². The first-order valence-electron chi connectivity index (χ1n) is 11.4. The number of carbonyl (C=O) groups is 1. The molecule has 1 aromatic carbocycles. The number of benzene rings is 1. The topological polar surface area (TPSA) is 87.4 Å². The summed E-state index contributed by atoms with van der Waals surface area (Å²) in [6, 6.07) is 5.22. The highest BCUT2D eigenvalue weighted by atomic mass is 16.5. The van der Waals surface area contributed by atoms with E-state index in [1.165, 1.54) is 17.5 Å². The van der Waals surface area contributed by atoms with Gasteiger partial charge in [0, 0.05) is 31.6 Å². The van der Waals surface area contributed by atoms with Crippen LogP contribution in [0.3, 0.4) is 0 Å². The lowest BCUT2D eigenvalue weighted by atomic mass is 10.2. The molecule has 8 nitrogen and oxygen atoms in total. The van der Waals surface area contributed by atoms with E-state index in [2.05, 4.69) is 17.3 Å². The van der Waals surface area contributed by atoms with Gasteiger partial charge in [0.1, 0.15) is 5.82 Å². The molecule has 2 heterocycles. The molecule has 1 amide bonds. The van der Waals surface area contributed by atoms with E-state index in [9.17, 15) is 9.59 Å². The molecular weight excluding hydrogens is 396 g/mol. The van der Waals surface area contributed by atoms with Gasteiger partial charge >= 0.3 is 5.69 Å². The number of aryl methyl sites for hydroxylation is 2. The third-order valence-electron chi connectivity index (χ3n) is 5.55. The maximum absolute atomic E-state index is 12.5. The van der Waals surface area contributed by atoms with Crippen molar-refractivity contribution in [1.82, 2.24) is 19.7 Å². The fourth-order valence-electron chi connectivity index (χ4n) is 3.77. The van der Waals surface area contributed by atoms with Gasteiger partial charge in [-0.1, -0.05) is 26.2 Å². The van der Waals surface area contributed by atoms with Crippen molar-refractivity contribution in [3.05, 3.63) is 40.1 Å². The van der Waals surface area contributed by atoms with Crippen molar-refractivity contribution < 1.29 is 14.3 Å². The number of nitrogens with zero attached hydrogens (tertiary/aromatic N) is 3. The molecule has 0 radical (unpaired) electrons. The second-order valence-corrected chi connectivity index (χ2v) is 7.91. The molecule has 1 N–H and O–H groups in total. The lowest BCUT2D eigenvalue weighted by molar-refractivity contribution is 0.0952. The molecule has 0 unspecified atom stereocenters. The number of carbonyl (C=O) groups excluding carboxylic acids is 1. The zero-order valence-electron chi connectivity index (χ0n) is 18.7. The number of methoxy groups -OCH3 is 1. The van der Waals surface area contributed by atoms with Crippen LogP contribution in [0.2, 0.25) is 0 Å². The molecule has 2 aromatic rings. The predicted octanol–water partition coefficient (Wildman–Crippen LogP) is 3.17. The minimum atomic E-state index is -0.177. The second kappa shape index (κ2) is 11.6. The zero-order valence-corrected chi connectivity index (χ0v) is 18.7. The number of hydrogen-bond donors (Lipinski definition) is 1. The van der Waals surface area contributed by atoms with Crippen molar-refractivity contribution in [2.24, 2.45) is 0 Å². The summed E-state index contributed by atoms with van der Waals surface area (Å²) in [6.07, 6.45) is 8.15. The zero-order chi connectivity index (χ0) is 22.1. The van der Waals surface area contributed by atoms with E-state index in [4.69, 9.17) is 9.47 Å². The highest BCUT2D eigenvalue weighted by Gasteiger charge is 2.16. The van der Waals surface area contributed by atoms with Gasteiger partial charge in [0.05, 0.1) is 13.7 Å². The summed E-state index contributed by atoms with van der Waals surface area (Å²) < 4.78 is 14.5. The van der Waals surface area contributed by atoms with Crippen molar-refractivity contribution in [2.75, 3.05) is 20.3 Å². The smallest absolute Gasteiger partial charge is 0.345 e.